The molecule has 0 saturated heterocycles. The van der Waals surface area contributed by atoms with Gasteiger partial charge in [0.15, 0.2) is 0 Å². The van der Waals surface area contributed by atoms with Gasteiger partial charge in [0.05, 0.1) is 5.69 Å². The molecule has 19 heavy (non-hydrogen) atoms. The Labute approximate surface area is 123 Å². The molecule has 0 aromatic carbocycles. The van der Waals surface area contributed by atoms with E-state index in [9.17, 15) is 4.55 Å². The summed E-state index contributed by atoms with van der Waals surface area (Å²) in [6.07, 6.45) is 3.47. The highest BCUT2D eigenvalue weighted by molar-refractivity contribution is 7.90. The van der Waals surface area contributed by atoms with Crippen LogP contribution in [0.4, 0.5) is 0 Å². The average molecular weight is 301 g/mol. The number of nitrogens with zero attached hydrogens (tertiary/aromatic N) is 1. The van der Waals surface area contributed by atoms with E-state index in [1.54, 1.807) is 18.3 Å². The highest BCUT2D eigenvalue weighted by Crippen LogP contribution is 2.26. The summed E-state index contributed by atoms with van der Waals surface area (Å²) in [6, 6.07) is 3.34. The summed E-state index contributed by atoms with van der Waals surface area (Å²) in [6.45, 7) is 11.6. The zero-order chi connectivity index (χ0) is 14.6. The van der Waals surface area contributed by atoms with Gasteiger partial charge in [-0.05, 0) is 38.8 Å². The van der Waals surface area contributed by atoms with Crippen LogP contribution in [0.1, 0.15) is 39.4 Å². The van der Waals surface area contributed by atoms with Gasteiger partial charge in [-0.25, -0.2) is 0 Å². The molecule has 5 heteroatoms. The van der Waals surface area contributed by atoms with Crippen LogP contribution in [0.3, 0.4) is 0 Å². The van der Waals surface area contributed by atoms with Crippen molar-refractivity contribution in [2.75, 3.05) is 0 Å². The maximum absolute atomic E-state index is 12.3. The van der Waals surface area contributed by atoms with Gasteiger partial charge < -0.3 is 4.55 Å². The minimum absolute atomic E-state index is 0.0947. The lowest BCUT2D eigenvalue weighted by Crippen LogP contribution is -2.43. The second-order valence-electron chi connectivity index (χ2n) is 5.47. The number of hydrogen-bond donors (Lipinski definition) is 1. The Bertz CT molecular complexity index is 434. The van der Waals surface area contributed by atoms with E-state index in [0.717, 1.165) is 5.69 Å². The zero-order valence-electron chi connectivity index (χ0n) is 11.8. The highest BCUT2D eigenvalue weighted by atomic mass is 35.5. The normalized spacial score (nSPS) is 16.7. The van der Waals surface area contributed by atoms with Gasteiger partial charge in [0.2, 0.25) is 0 Å². The van der Waals surface area contributed by atoms with Crippen LogP contribution in [-0.2, 0) is 11.4 Å². The van der Waals surface area contributed by atoms with Crippen molar-refractivity contribution in [1.82, 2.24) is 9.71 Å². The first kappa shape index (κ1) is 16.5. The maximum Gasteiger partial charge on any atom is 0.136 e. The first-order chi connectivity index (χ1) is 8.75. The van der Waals surface area contributed by atoms with Crippen LogP contribution in [0, 0.1) is 5.92 Å². The average Bonchev–Trinajstić information content (AvgIpc) is 2.33. The summed E-state index contributed by atoms with van der Waals surface area (Å²) in [4.78, 5) is 4.31. The quantitative estimate of drug-likeness (QED) is 0.667. The van der Waals surface area contributed by atoms with Gasteiger partial charge >= 0.3 is 0 Å². The molecule has 1 heterocycles. The van der Waals surface area contributed by atoms with Gasteiger partial charge in [0.1, 0.15) is 10.8 Å². The zero-order valence-corrected chi connectivity index (χ0v) is 13.4. The van der Waals surface area contributed by atoms with Crippen molar-refractivity contribution in [1.29, 1.82) is 0 Å². The second kappa shape index (κ2) is 6.75. The van der Waals surface area contributed by atoms with Crippen molar-refractivity contribution in [2.45, 2.75) is 38.5 Å². The van der Waals surface area contributed by atoms with Crippen LogP contribution in [0.2, 0.25) is 5.02 Å². The molecule has 0 aliphatic rings. The number of rotatable bonds is 5. The number of pyridine rings is 1. The molecule has 0 aliphatic heterocycles. The van der Waals surface area contributed by atoms with Gasteiger partial charge in [0.25, 0.3) is 0 Å². The van der Waals surface area contributed by atoms with Crippen LogP contribution in [0.25, 0.3) is 0 Å². The van der Waals surface area contributed by atoms with Crippen LogP contribution in [0.5, 0.6) is 0 Å². The summed E-state index contributed by atoms with van der Waals surface area (Å²) in [5, 5.41) is 0.620. The molecule has 0 fully saturated rings. The second-order valence-corrected chi connectivity index (χ2v) is 7.90. The number of nitrogens with one attached hydrogen (secondary N) is 1. The van der Waals surface area contributed by atoms with E-state index in [1.807, 2.05) is 33.8 Å². The lowest BCUT2D eigenvalue weighted by atomic mass is 10.00. The molecule has 0 bridgehead atoms. The van der Waals surface area contributed by atoms with Gasteiger partial charge in [0, 0.05) is 22.6 Å². The van der Waals surface area contributed by atoms with Gasteiger partial charge in [-0.2, -0.15) is 0 Å². The van der Waals surface area contributed by atoms with E-state index in [0.29, 0.717) is 5.02 Å². The SMILES string of the molecule is C=C[C@@H](C)[C@H](N[S+]([O-])C(C)(C)C)c1cc(Cl)ccn1. The van der Waals surface area contributed by atoms with E-state index in [-0.39, 0.29) is 16.7 Å². The summed E-state index contributed by atoms with van der Waals surface area (Å²) >= 11 is 4.82. The number of hydrogen-bond acceptors (Lipinski definition) is 3. The number of halogens is 1. The third kappa shape index (κ3) is 4.80. The van der Waals surface area contributed by atoms with E-state index in [1.165, 1.54) is 0 Å². The van der Waals surface area contributed by atoms with Crippen molar-refractivity contribution in [3.8, 4) is 0 Å². The Morgan fingerprint density at radius 1 is 1.53 bits per heavy atom. The molecule has 1 rings (SSSR count). The van der Waals surface area contributed by atoms with Crippen molar-refractivity contribution < 1.29 is 4.55 Å². The highest BCUT2D eigenvalue weighted by Gasteiger charge is 2.32. The summed E-state index contributed by atoms with van der Waals surface area (Å²) < 4.78 is 15.1. The summed E-state index contributed by atoms with van der Waals surface area (Å²) in [7, 11) is 0. The van der Waals surface area contributed by atoms with Crippen LogP contribution in [-0.4, -0.2) is 14.3 Å². The molecule has 3 atom stereocenters. The van der Waals surface area contributed by atoms with Crippen molar-refractivity contribution >= 4 is 23.0 Å². The standard InChI is InChI=1S/C14H21ClN2OS/c1-6-10(2)13(17-19(18)14(3,4)5)12-9-11(15)7-8-16-12/h6-10,13,17H,1H2,2-5H3/t10-,13+,19?/m1/s1. The van der Waals surface area contributed by atoms with E-state index < -0.39 is 11.4 Å². The van der Waals surface area contributed by atoms with Crippen molar-refractivity contribution in [3.63, 3.8) is 0 Å². The predicted octanol–water partition coefficient (Wildman–Crippen LogP) is 3.65. The van der Waals surface area contributed by atoms with Gasteiger partial charge in [-0.1, -0.05) is 24.6 Å². The molecule has 0 spiro atoms. The van der Waals surface area contributed by atoms with Gasteiger partial charge in [-0.3, -0.25) is 4.98 Å². The molecule has 1 N–H and O–H groups in total. The lowest BCUT2D eigenvalue weighted by molar-refractivity contribution is 0.473. The Balaban J connectivity index is 2.99. The van der Waals surface area contributed by atoms with Gasteiger partial charge in [-0.15, -0.1) is 11.3 Å². The third-order valence-electron chi connectivity index (χ3n) is 2.75. The Morgan fingerprint density at radius 3 is 2.63 bits per heavy atom. The molecule has 1 aromatic heterocycles. The molecule has 0 saturated carbocycles. The molecule has 3 nitrogen and oxygen atoms in total. The van der Waals surface area contributed by atoms with Crippen LogP contribution >= 0.6 is 11.6 Å². The minimum atomic E-state index is -1.18. The fraction of sp³-hybridized carbons (Fsp3) is 0.500. The van der Waals surface area contributed by atoms with E-state index in [2.05, 4.69) is 16.3 Å². The molecule has 0 aliphatic carbocycles. The molecule has 1 aromatic rings. The van der Waals surface area contributed by atoms with Crippen LogP contribution < -0.4 is 4.72 Å². The molecule has 0 amide bonds. The fourth-order valence-electron chi connectivity index (χ4n) is 1.46. The maximum atomic E-state index is 12.3. The predicted molar refractivity (Wildman–Crippen MR) is 82.4 cm³/mol. The van der Waals surface area contributed by atoms with E-state index in [4.69, 9.17) is 11.6 Å². The molecular weight excluding hydrogens is 280 g/mol. The third-order valence-corrected chi connectivity index (χ3v) is 4.57. The smallest absolute Gasteiger partial charge is 0.136 e. The Morgan fingerprint density at radius 2 is 2.16 bits per heavy atom. The molecule has 1 unspecified atom stereocenters. The fourth-order valence-corrected chi connectivity index (χ4v) is 2.54. The summed E-state index contributed by atoms with van der Waals surface area (Å²) in [5.41, 5.74) is 0.775. The van der Waals surface area contributed by atoms with E-state index >= 15 is 0 Å². The molecular formula is C14H21ClN2OS. The molecule has 0 radical (unpaired) electrons. The molecule has 106 valence electrons. The topological polar surface area (TPSA) is 48.0 Å². The summed E-state index contributed by atoms with van der Waals surface area (Å²) in [5.74, 6) is 0.0947. The monoisotopic (exact) mass is 300 g/mol. The first-order valence-electron chi connectivity index (χ1n) is 6.17. The minimum Gasteiger partial charge on any atom is -0.598 e. The van der Waals surface area contributed by atoms with Crippen LogP contribution in [0.15, 0.2) is 31.0 Å². The van der Waals surface area contributed by atoms with Crippen molar-refractivity contribution in [2.24, 2.45) is 5.92 Å². The Kier molecular flexibility index (Phi) is 5.86. The number of aromatic nitrogens is 1. The largest absolute Gasteiger partial charge is 0.598 e. The Hall–Kier alpha value is -0.550. The van der Waals surface area contributed by atoms with Crippen molar-refractivity contribution in [3.05, 3.63) is 41.7 Å². The lowest BCUT2D eigenvalue weighted by Gasteiger charge is -2.29. The first-order valence-corrected chi connectivity index (χ1v) is 7.70.